The summed E-state index contributed by atoms with van der Waals surface area (Å²) in [4.78, 5) is 0. The van der Waals surface area contributed by atoms with E-state index in [0.717, 1.165) is 18.7 Å². The molecule has 1 aromatic rings. The van der Waals surface area contributed by atoms with Crippen molar-refractivity contribution in [3.8, 4) is 0 Å². The van der Waals surface area contributed by atoms with Crippen LogP contribution < -0.4 is 5.32 Å². The standard InChI is InChI=1S/C12H17F2NO/c1-8(2)6-15-7-12(16)10-4-3-9(13)5-11(10)14/h3-5,8,12,15-16H,6-7H2,1-2H3. The van der Waals surface area contributed by atoms with E-state index in [2.05, 4.69) is 5.32 Å². The van der Waals surface area contributed by atoms with Crippen LogP contribution in [0.1, 0.15) is 25.5 Å². The van der Waals surface area contributed by atoms with Crippen molar-refractivity contribution >= 4 is 0 Å². The maximum absolute atomic E-state index is 13.3. The van der Waals surface area contributed by atoms with Crippen LogP contribution in [0.25, 0.3) is 0 Å². The number of hydrogen-bond acceptors (Lipinski definition) is 2. The van der Waals surface area contributed by atoms with Crippen LogP contribution in [0.15, 0.2) is 18.2 Å². The lowest BCUT2D eigenvalue weighted by Gasteiger charge is -2.14. The number of aliphatic hydroxyl groups is 1. The molecule has 1 atom stereocenters. The first-order valence-corrected chi connectivity index (χ1v) is 5.34. The van der Waals surface area contributed by atoms with Gasteiger partial charge in [0.1, 0.15) is 11.6 Å². The first kappa shape index (κ1) is 13.1. The van der Waals surface area contributed by atoms with Gasteiger partial charge >= 0.3 is 0 Å². The van der Waals surface area contributed by atoms with E-state index in [9.17, 15) is 13.9 Å². The zero-order chi connectivity index (χ0) is 12.1. The van der Waals surface area contributed by atoms with Gasteiger partial charge < -0.3 is 10.4 Å². The van der Waals surface area contributed by atoms with Gasteiger partial charge in [-0.3, -0.25) is 0 Å². The van der Waals surface area contributed by atoms with Crippen LogP contribution in [-0.4, -0.2) is 18.2 Å². The third kappa shape index (κ3) is 3.87. The number of nitrogens with one attached hydrogen (secondary N) is 1. The Balaban J connectivity index is 2.55. The molecule has 4 heteroatoms. The van der Waals surface area contributed by atoms with Crippen molar-refractivity contribution < 1.29 is 13.9 Å². The third-order valence-corrected chi connectivity index (χ3v) is 2.21. The van der Waals surface area contributed by atoms with Crippen LogP contribution in [0.2, 0.25) is 0 Å². The molecule has 1 rings (SSSR count). The summed E-state index contributed by atoms with van der Waals surface area (Å²) in [5, 5.41) is 12.7. The van der Waals surface area contributed by atoms with Gasteiger partial charge in [-0.05, 0) is 18.5 Å². The van der Waals surface area contributed by atoms with E-state index in [1.165, 1.54) is 6.07 Å². The summed E-state index contributed by atoms with van der Waals surface area (Å²) in [6.07, 6.45) is -0.945. The Morgan fingerprint density at radius 1 is 1.25 bits per heavy atom. The highest BCUT2D eigenvalue weighted by molar-refractivity contribution is 5.21. The SMILES string of the molecule is CC(C)CNCC(O)c1ccc(F)cc1F. The van der Waals surface area contributed by atoms with Crippen LogP contribution >= 0.6 is 0 Å². The summed E-state index contributed by atoms with van der Waals surface area (Å²) < 4.78 is 25.9. The van der Waals surface area contributed by atoms with Gasteiger partial charge in [-0.1, -0.05) is 19.9 Å². The van der Waals surface area contributed by atoms with Gasteiger partial charge in [-0.25, -0.2) is 8.78 Å². The second kappa shape index (κ2) is 5.92. The van der Waals surface area contributed by atoms with Crippen molar-refractivity contribution in [1.82, 2.24) is 5.32 Å². The van der Waals surface area contributed by atoms with E-state index in [0.29, 0.717) is 5.92 Å². The number of aliphatic hydroxyl groups excluding tert-OH is 1. The highest BCUT2D eigenvalue weighted by Crippen LogP contribution is 2.17. The van der Waals surface area contributed by atoms with Gasteiger partial charge in [0, 0.05) is 18.2 Å². The average Bonchev–Trinajstić information content (AvgIpc) is 2.16. The Kier molecular flexibility index (Phi) is 4.83. The van der Waals surface area contributed by atoms with Crippen molar-refractivity contribution in [2.45, 2.75) is 20.0 Å². The number of halogens is 2. The summed E-state index contributed by atoms with van der Waals surface area (Å²) in [7, 11) is 0. The fourth-order valence-corrected chi connectivity index (χ4v) is 1.39. The molecule has 0 saturated carbocycles. The van der Waals surface area contributed by atoms with Crippen LogP contribution in [0.4, 0.5) is 8.78 Å². The topological polar surface area (TPSA) is 32.3 Å². The molecular formula is C12H17F2NO. The molecule has 1 aromatic carbocycles. The molecule has 0 aromatic heterocycles. The molecule has 90 valence electrons. The predicted octanol–water partition coefficient (Wildman–Crippen LogP) is 2.24. The Morgan fingerprint density at radius 2 is 1.94 bits per heavy atom. The summed E-state index contributed by atoms with van der Waals surface area (Å²) in [5.41, 5.74) is 0.123. The zero-order valence-corrected chi connectivity index (χ0v) is 9.50. The third-order valence-electron chi connectivity index (χ3n) is 2.21. The van der Waals surface area contributed by atoms with Crippen LogP contribution in [0.5, 0.6) is 0 Å². The van der Waals surface area contributed by atoms with Gasteiger partial charge in [0.2, 0.25) is 0 Å². The van der Waals surface area contributed by atoms with Gasteiger partial charge in [0.25, 0.3) is 0 Å². The summed E-state index contributed by atoms with van der Waals surface area (Å²) >= 11 is 0. The lowest BCUT2D eigenvalue weighted by Crippen LogP contribution is -2.25. The molecule has 1 unspecified atom stereocenters. The lowest BCUT2D eigenvalue weighted by molar-refractivity contribution is 0.168. The lowest BCUT2D eigenvalue weighted by atomic mass is 10.1. The average molecular weight is 229 g/mol. The minimum Gasteiger partial charge on any atom is -0.387 e. The van der Waals surface area contributed by atoms with Crippen LogP contribution in [0.3, 0.4) is 0 Å². The molecule has 0 heterocycles. The summed E-state index contributed by atoms with van der Waals surface area (Å²) in [5.74, 6) is -0.882. The Morgan fingerprint density at radius 3 is 2.50 bits per heavy atom. The second-order valence-corrected chi connectivity index (χ2v) is 4.23. The first-order chi connectivity index (χ1) is 7.50. The first-order valence-electron chi connectivity index (χ1n) is 5.34. The molecule has 0 amide bonds. The molecule has 0 fully saturated rings. The molecule has 0 aliphatic heterocycles. The number of benzene rings is 1. The van der Waals surface area contributed by atoms with E-state index < -0.39 is 17.7 Å². The predicted molar refractivity (Wildman–Crippen MR) is 59.0 cm³/mol. The highest BCUT2D eigenvalue weighted by atomic mass is 19.1. The maximum atomic E-state index is 13.3. The van der Waals surface area contributed by atoms with Crippen LogP contribution in [-0.2, 0) is 0 Å². The molecule has 0 aliphatic rings. The number of hydrogen-bond donors (Lipinski definition) is 2. The Hall–Kier alpha value is -1.00. The molecule has 2 nitrogen and oxygen atoms in total. The van der Waals surface area contributed by atoms with E-state index in [-0.39, 0.29) is 12.1 Å². The van der Waals surface area contributed by atoms with E-state index in [1.807, 2.05) is 13.8 Å². The van der Waals surface area contributed by atoms with Crippen LogP contribution in [0, 0.1) is 17.6 Å². The quantitative estimate of drug-likeness (QED) is 0.811. The Labute approximate surface area is 94.3 Å². The zero-order valence-electron chi connectivity index (χ0n) is 9.50. The summed E-state index contributed by atoms with van der Waals surface area (Å²) in [6.45, 7) is 5.09. The van der Waals surface area contributed by atoms with Crippen molar-refractivity contribution in [1.29, 1.82) is 0 Å². The van der Waals surface area contributed by atoms with Gasteiger partial charge in [-0.2, -0.15) is 0 Å². The molecule has 0 spiro atoms. The molecular weight excluding hydrogens is 212 g/mol. The molecule has 2 N–H and O–H groups in total. The molecule has 0 aliphatic carbocycles. The Bertz CT molecular complexity index is 342. The summed E-state index contributed by atoms with van der Waals surface area (Å²) in [6, 6.07) is 3.19. The number of rotatable bonds is 5. The van der Waals surface area contributed by atoms with Crippen molar-refractivity contribution in [3.05, 3.63) is 35.4 Å². The monoisotopic (exact) mass is 229 g/mol. The second-order valence-electron chi connectivity index (χ2n) is 4.23. The van der Waals surface area contributed by atoms with E-state index >= 15 is 0 Å². The normalized spacial score (nSPS) is 13.1. The van der Waals surface area contributed by atoms with Crippen molar-refractivity contribution in [2.24, 2.45) is 5.92 Å². The maximum Gasteiger partial charge on any atom is 0.131 e. The molecule has 16 heavy (non-hydrogen) atoms. The molecule has 0 radical (unpaired) electrons. The molecule has 0 saturated heterocycles. The van der Waals surface area contributed by atoms with E-state index in [4.69, 9.17) is 0 Å². The minimum atomic E-state index is -0.945. The molecule has 0 bridgehead atoms. The highest BCUT2D eigenvalue weighted by Gasteiger charge is 2.13. The largest absolute Gasteiger partial charge is 0.387 e. The van der Waals surface area contributed by atoms with Gasteiger partial charge in [0.15, 0.2) is 0 Å². The van der Waals surface area contributed by atoms with Crippen molar-refractivity contribution in [3.63, 3.8) is 0 Å². The van der Waals surface area contributed by atoms with Gasteiger partial charge in [-0.15, -0.1) is 0 Å². The fraction of sp³-hybridized carbons (Fsp3) is 0.500. The smallest absolute Gasteiger partial charge is 0.131 e. The van der Waals surface area contributed by atoms with Gasteiger partial charge in [0.05, 0.1) is 6.10 Å². The fourth-order valence-electron chi connectivity index (χ4n) is 1.39. The van der Waals surface area contributed by atoms with Crippen molar-refractivity contribution in [2.75, 3.05) is 13.1 Å². The minimum absolute atomic E-state index is 0.123. The van der Waals surface area contributed by atoms with E-state index in [1.54, 1.807) is 0 Å².